The Hall–Kier alpha value is -2.50. The standard InChI is InChI=1S/C22H28N2O4/c1-16-5-3-6-18(13-16)14-23-9-4-7-22(21(23)26)8-10-24(15-22)20(25)19-17(2)27-11-12-28-19/h3,5-6,13H,4,7-12,14-15H2,1-2H3. The highest BCUT2D eigenvalue weighted by molar-refractivity contribution is 5.93. The molecule has 4 rings (SSSR count). The minimum absolute atomic E-state index is 0.155. The van der Waals surface area contributed by atoms with Gasteiger partial charge in [0.1, 0.15) is 19.0 Å². The van der Waals surface area contributed by atoms with E-state index in [1.807, 2.05) is 11.0 Å². The zero-order chi connectivity index (χ0) is 19.7. The zero-order valence-corrected chi connectivity index (χ0v) is 16.7. The maximum Gasteiger partial charge on any atom is 0.292 e. The highest BCUT2D eigenvalue weighted by Gasteiger charge is 2.50. The van der Waals surface area contributed by atoms with E-state index in [9.17, 15) is 9.59 Å². The van der Waals surface area contributed by atoms with Crippen molar-refractivity contribution in [1.82, 2.24) is 9.80 Å². The number of hydrogen-bond acceptors (Lipinski definition) is 4. The number of rotatable bonds is 3. The van der Waals surface area contributed by atoms with Gasteiger partial charge in [-0.2, -0.15) is 0 Å². The molecule has 6 heteroatoms. The van der Waals surface area contributed by atoms with Crippen LogP contribution in [0.1, 0.15) is 37.3 Å². The normalized spacial score (nSPS) is 25.1. The number of likely N-dealkylation sites (tertiary alicyclic amines) is 2. The monoisotopic (exact) mass is 384 g/mol. The Kier molecular flexibility index (Phi) is 5.04. The second-order valence-electron chi connectivity index (χ2n) is 8.16. The number of carbonyl (C=O) groups excluding carboxylic acids is 2. The maximum absolute atomic E-state index is 13.4. The summed E-state index contributed by atoms with van der Waals surface area (Å²) in [4.78, 5) is 30.0. The first-order chi connectivity index (χ1) is 13.5. The average molecular weight is 384 g/mol. The molecule has 1 spiro atoms. The molecule has 3 heterocycles. The van der Waals surface area contributed by atoms with E-state index in [0.29, 0.717) is 44.4 Å². The largest absolute Gasteiger partial charge is 0.491 e. The molecule has 2 amide bonds. The summed E-state index contributed by atoms with van der Waals surface area (Å²) >= 11 is 0. The number of hydrogen-bond donors (Lipinski definition) is 0. The quantitative estimate of drug-likeness (QED) is 0.804. The van der Waals surface area contributed by atoms with E-state index in [0.717, 1.165) is 31.4 Å². The molecule has 3 aliphatic rings. The molecule has 1 aromatic rings. The van der Waals surface area contributed by atoms with Crippen LogP contribution in [0.2, 0.25) is 0 Å². The fourth-order valence-corrected chi connectivity index (χ4v) is 4.62. The lowest BCUT2D eigenvalue weighted by molar-refractivity contribution is -0.147. The molecule has 1 aromatic carbocycles. The molecule has 28 heavy (non-hydrogen) atoms. The Morgan fingerprint density at radius 3 is 2.75 bits per heavy atom. The summed E-state index contributed by atoms with van der Waals surface area (Å²) in [5.74, 6) is 0.858. The van der Waals surface area contributed by atoms with Gasteiger partial charge in [0.05, 0.1) is 5.41 Å². The summed E-state index contributed by atoms with van der Waals surface area (Å²) < 4.78 is 11.0. The third kappa shape index (κ3) is 3.48. The van der Waals surface area contributed by atoms with Crippen molar-refractivity contribution in [3.05, 3.63) is 46.9 Å². The predicted molar refractivity (Wildman–Crippen MR) is 104 cm³/mol. The molecular weight excluding hydrogens is 356 g/mol. The first-order valence-corrected chi connectivity index (χ1v) is 10.1. The SMILES string of the molecule is CC1=C(C(=O)N2CCC3(CCCN(Cc4cccc(C)c4)C3=O)C2)OCCO1. The van der Waals surface area contributed by atoms with Gasteiger partial charge in [0.15, 0.2) is 0 Å². The third-order valence-corrected chi connectivity index (χ3v) is 6.08. The van der Waals surface area contributed by atoms with Crippen LogP contribution in [0.4, 0.5) is 0 Å². The fourth-order valence-electron chi connectivity index (χ4n) is 4.62. The first-order valence-electron chi connectivity index (χ1n) is 10.1. The topological polar surface area (TPSA) is 59.1 Å². The lowest BCUT2D eigenvalue weighted by Gasteiger charge is -2.39. The van der Waals surface area contributed by atoms with Gasteiger partial charge in [0.25, 0.3) is 5.91 Å². The van der Waals surface area contributed by atoms with Crippen molar-refractivity contribution in [3.8, 4) is 0 Å². The maximum atomic E-state index is 13.4. The van der Waals surface area contributed by atoms with Gasteiger partial charge in [-0.05, 0) is 38.7 Å². The van der Waals surface area contributed by atoms with E-state index < -0.39 is 5.41 Å². The molecule has 0 aromatic heterocycles. The van der Waals surface area contributed by atoms with Crippen molar-refractivity contribution in [2.75, 3.05) is 32.8 Å². The van der Waals surface area contributed by atoms with Gasteiger partial charge in [-0.25, -0.2) is 0 Å². The second kappa shape index (κ2) is 7.49. The van der Waals surface area contributed by atoms with E-state index in [2.05, 4.69) is 25.1 Å². The molecule has 0 radical (unpaired) electrons. The molecule has 2 saturated heterocycles. The van der Waals surface area contributed by atoms with E-state index in [1.165, 1.54) is 5.56 Å². The van der Waals surface area contributed by atoms with E-state index in [4.69, 9.17) is 9.47 Å². The van der Waals surface area contributed by atoms with Gasteiger partial charge in [-0.3, -0.25) is 9.59 Å². The number of ether oxygens (including phenoxy) is 2. The van der Waals surface area contributed by atoms with Crippen LogP contribution in [0.25, 0.3) is 0 Å². The molecule has 150 valence electrons. The first kappa shape index (κ1) is 18.8. The van der Waals surface area contributed by atoms with Gasteiger partial charge in [0, 0.05) is 26.2 Å². The summed E-state index contributed by atoms with van der Waals surface area (Å²) in [6.45, 7) is 7.16. The van der Waals surface area contributed by atoms with Gasteiger partial charge >= 0.3 is 0 Å². The van der Waals surface area contributed by atoms with E-state index in [1.54, 1.807) is 11.8 Å². The van der Waals surface area contributed by atoms with Crippen LogP contribution >= 0.6 is 0 Å². The summed E-state index contributed by atoms with van der Waals surface area (Å²) in [5, 5.41) is 0. The third-order valence-electron chi connectivity index (χ3n) is 6.08. The number of carbonyl (C=O) groups is 2. The van der Waals surface area contributed by atoms with Crippen LogP contribution in [0.5, 0.6) is 0 Å². The van der Waals surface area contributed by atoms with Crippen molar-refractivity contribution < 1.29 is 19.1 Å². The van der Waals surface area contributed by atoms with Crippen LogP contribution < -0.4 is 0 Å². The summed E-state index contributed by atoms with van der Waals surface area (Å²) in [7, 11) is 0. The minimum Gasteiger partial charge on any atom is -0.491 e. The smallest absolute Gasteiger partial charge is 0.292 e. The molecule has 0 bridgehead atoms. The van der Waals surface area contributed by atoms with Gasteiger partial charge < -0.3 is 19.3 Å². The van der Waals surface area contributed by atoms with Gasteiger partial charge in [-0.1, -0.05) is 29.8 Å². The van der Waals surface area contributed by atoms with Crippen LogP contribution in [-0.4, -0.2) is 54.5 Å². The van der Waals surface area contributed by atoms with Crippen molar-refractivity contribution in [2.45, 2.75) is 39.7 Å². The molecule has 0 N–H and O–H groups in total. The lowest BCUT2D eigenvalue weighted by atomic mass is 9.78. The van der Waals surface area contributed by atoms with Crippen LogP contribution in [0.3, 0.4) is 0 Å². The van der Waals surface area contributed by atoms with Crippen LogP contribution in [0, 0.1) is 12.3 Å². The fraction of sp³-hybridized carbons (Fsp3) is 0.545. The highest BCUT2D eigenvalue weighted by atomic mass is 16.6. The van der Waals surface area contributed by atoms with Crippen molar-refractivity contribution in [2.24, 2.45) is 5.41 Å². The Labute approximate surface area is 166 Å². The Bertz CT molecular complexity index is 819. The number of allylic oxidation sites excluding steroid dienone is 1. The predicted octanol–water partition coefficient (Wildman–Crippen LogP) is 2.61. The van der Waals surface area contributed by atoms with E-state index in [-0.39, 0.29) is 11.8 Å². The Balaban J connectivity index is 1.47. The number of aryl methyl sites for hydroxylation is 1. The van der Waals surface area contributed by atoms with Crippen LogP contribution in [-0.2, 0) is 25.6 Å². The Morgan fingerprint density at radius 2 is 1.96 bits per heavy atom. The number of piperidine rings is 1. The second-order valence-corrected chi connectivity index (χ2v) is 8.16. The van der Waals surface area contributed by atoms with E-state index >= 15 is 0 Å². The number of benzene rings is 1. The lowest BCUT2D eigenvalue weighted by Crippen LogP contribution is -2.50. The molecular formula is C22H28N2O4. The van der Waals surface area contributed by atoms with Crippen molar-refractivity contribution in [1.29, 1.82) is 0 Å². The summed E-state index contributed by atoms with van der Waals surface area (Å²) in [5.41, 5.74) is 1.90. The molecule has 1 unspecified atom stereocenters. The van der Waals surface area contributed by atoms with Gasteiger partial charge in [-0.15, -0.1) is 0 Å². The molecule has 6 nitrogen and oxygen atoms in total. The van der Waals surface area contributed by atoms with Crippen LogP contribution in [0.15, 0.2) is 35.8 Å². The molecule has 2 fully saturated rings. The molecule has 3 aliphatic heterocycles. The Morgan fingerprint density at radius 1 is 1.14 bits per heavy atom. The number of nitrogens with zero attached hydrogens (tertiary/aromatic N) is 2. The molecule has 1 atom stereocenters. The highest BCUT2D eigenvalue weighted by Crippen LogP contribution is 2.41. The van der Waals surface area contributed by atoms with Crippen molar-refractivity contribution in [3.63, 3.8) is 0 Å². The molecule has 0 saturated carbocycles. The molecule has 0 aliphatic carbocycles. The number of amides is 2. The minimum atomic E-state index is -0.457. The van der Waals surface area contributed by atoms with Gasteiger partial charge in [0.2, 0.25) is 11.7 Å². The summed E-state index contributed by atoms with van der Waals surface area (Å²) in [6.07, 6.45) is 2.53. The average Bonchev–Trinajstić information content (AvgIpc) is 3.11. The zero-order valence-electron chi connectivity index (χ0n) is 16.7. The summed E-state index contributed by atoms with van der Waals surface area (Å²) in [6, 6.07) is 8.31. The van der Waals surface area contributed by atoms with Crippen molar-refractivity contribution >= 4 is 11.8 Å².